The summed E-state index contributed by atoms with van der Waals surface area (Å²) in [6.07, 6.45) is 5.14. The van der Waals surface area contributed by atoms with Crippen molar-refractivity contribution in [2.24, 2.45) is 0 Å². The number of rotatable bonds is 5. The quantitative estimate of drug-likeness (QED) is 0.793. The van der Waals surface area contributed by atoms with E-state index in [9.17, 15) is 0 Å². The fraction of sp³-hybridized carbons (Fsp3) is 0.625. The van der Waals surface area contributed by atoms with E-state index in [0.29, 0.717) is 6.04 Å². The van der Waals surface area contributed by atoms with Crippen LogP contribution in [0.15, 0.2) is 24.3 Å². The van der Waals surface area contributed by atoms with Gasteiger partial charge in [-0.05, 0) is 38.3 Å². The monoisotopic (exact) mass is 247 g/mol. The van der Waals surface area contributed by atoms with Crippen molar-refractivity contribution in [2.75, 3.05) is 26.8 Å². The summed E-state index contributed by atoms with van der Waals surface area (Å²) >= 11 is 0. The molecule has 1 saturated heterocycles. The van der Waals surface area contributed by atoms with E-state index >= 15 is 0 Å². The van der Waals surface area contributed by atoms with Crippen molar-refractivity contribution in [3.63, 3.8) is 0 Å². The first kappa shape index (κ1) is 13.6. The molecule has 0 aromatic heterocycles. The maximum absolute atomic E-state index is 5.34. The van der Waals surface area contributed by atoms with Gasteiger partial charge in [-0.25, -0.2) is 0 Å². The predicted octanol–water partition coefficient (Wildman–Crippen LogP) is 3.04. The topological polar surface area (TPSA) is 12.5 Å². The highest BCUT2D eigenvalue weighted by Gasteiger charge is 2.21. The van der Waals surface area contributed by atoms with Crippen LogP contribution in [0.25, 0.3) is 0 Å². The fourth-order valence-electron chi connectivity index (χ4n) is 2.76. The van der Waals surface area contributed by atoms with Crippen LogP contribution < -0.4 is 0 Å². The summed E-state index contributed by atoms with van der Waals surface area (Å²) < 4.78 is 5.34. The fourth-order valence-corrected chi connectivity index (χ4v) is 2.76. The molecule has 2 rings (SSSR count). The van der Waals surface area contributed by atoms with Crippen LogP contribution >= 0.6 is 0 Å². The smallest absolute Gasteiger partial charge is 0.0618 e. The van der Waals surface area contributed by atoms with Gasteiger partial charge in [0.05, 0.1) is 6.61 Å². The molecule has 1 aromatic rings. The Morgan fingerprint density at radius 3 is 2.72 bits per heavy atom. The molecule has 1 aliphatic heterocycles. The van der Waals surface area contributed by atoms with E-state index < -0.39 is 0 Å². The average Bonchev–Trinajstić information content (AvgIpc) is 2.40. The first-order chi connectivity index (χ1) is 8.79. The van der Waals surface area contributed by atoms with Crippen molar-refractivity contribution in [2.45, 2.75) is 38.6 Å². The van der Waals surface area contributed by atoms with Crippen molar-refractivity contribution in [3.05, 3.63) is 35.4 Å². The Morgan fingerprint density at radius 1 is 1.22 bits per heavy atom. The molecule has 0 radical (unpaired) electrons. The molecule has 0 aliphatic carbocycles. The van der Waals surface area contributed by atoms with Crippen LogP contribution in [0.5, 0.6) is 0 Å². The number of hydrogen-bond acceptors (Lipinski definition) is 2. The summed E-state index contributed by atoms with van der Waals surface area (Å²) in [4.78, 5) is 2.60. The zero-order valence-electron chi connectivity index (χ0n) is 11.7. The summed E-state index contributed by atoms with van der Waals surface area (Å²) in [6.45, 7) is 5.42. The number of piperidine rings is 1. The van der Waals surface area contributed by atoms with E-state index in [0.717, 1.165) is 19.6 Å². The molecular formula is C16H25NO. The number of likely N-dealkylation sites (tertiary alicyclic amines) is 1. The van der Waals surface area contributed by atoms with Crippen LogP contribution in [-0.4, -0.2) is 37.7 Å². The number of methoxy groups -OCH3 is 1. The molecule has 0 bridgehead atoms. The number of hydrogen-bond donors (Lipinski definition) is 0. The average molecular weight is 247 g/mol. The van der Waals surface area contributed by atoms with Gasteiger partial charge in [0.25, 0.3) is 0 Å². The Balaban J connectivity index is 1.85. The summed E-state index contributed by atoms with van der Waals surface area (Å²) in [5.41, 5.74) is 2.79. The molecule has 100 valence electrons. The van der Waals surface area contributed by atoms with Gasteiger partial charge in [-0.15, -0.1) is 0 Å². The Labute approximate surface area is 111 Å². The zero-order chi connectivity index (χ0) is 12.8. The largest absolute Gasteiger partial charge is 0.383 e. The third kappa shape index (κ3) is 3.82. The van der Waals surface area contributed by atoms with Crippen molar-refractivity contribution < 1.29 is 4.74 Å². The molecule has 0 N–H and O–H groups in total. The lowest BCUT2D eigenvalue weighted by atomic mass is 10.0. The highest BCUT2D eigenvalue weighted by Crippen LogP contribution is 2.17. The van der Waals surface area contributed by atoms with Gasteiger partial charge < -0.3 is 4.74 Å². The first-order valence-electron chi connectivity index (χ1n) is 7.08. The highest BCUT2D eigenvalue weighted by molar-refractivity contribution is 5.21. The molecule has 1 atom stereocenters. The van der Waals surface area contributed by atoms with Crippen LogP contribution in [0.3, 0.4) is 0 Å². The third-order valence-electron chi connectivity index (χ3n) is 3.92. The number of nitrogens with zero attached hydrogens (tertiary/aromatic N) is 1. The summed E-state index contributed by atoms with van der Waals surface area (Å²) in [6, 6.07) is 9.56. The van der Waals surface area contributed by atoms with Crippen LogP contribution in [0.2, 0.25) is 0 Å². The van der Waals surface area contributed by atoms with Crippen LogP contribution in [0, 0.1) is 6.92 Å². The molecule has 2 heteroatoms. The van der Waals surface area contributed by atoms with Gasteiger partial charge >= 0.3 is 0 Å². The van der Waals surface area contributed by atoms with E-state index in [1.165, 1.54) is 36.9 Å². The molecular weight excluding hydrogens is 222 g/mol. The highest BCUT2D eigenvalue weighted by atomic mass is 16.5. The number of aryl methyl sites for hydroxylation is 1. The summed E-state index contributed by atoms with van der Waals surface area (Å²) in [7, 11) is 1.81. The molecule has 0 spiro atoms. The van der Waals surface area contributed by atoms with E-state index in [-0.39, 0.29) is 0 Å². The molecule has 0 saturated carbocycles. The van der Waals surface area contributed by atoms with Crippen molar-refractivity contribution in [1.82, 2.24) is 4.90 Å². The Hall–Kier alpha value is -0.860. The predicted molar refractivity (Wildman–Crippen MR) is 76.0 cm³/mol. The van der Waals surface area contributed by atoms with Gasteiger partial charge in [-0.3, -0.25) is 4.90 Å². The molecule has 1 aliphatic rings. The van der Waals surface area contributed by atoms with E-state index in [1.54, 1.807) is 0 Å². The Bertz CT molecular complexity index is 345. The molecule has 1 heterocycles. The standard InChI is InChI=1S/C16H25NO/c1-14-6-8-15(9-7-14)10-12-17-11-4-3-5-16(17)13-18-2/h6-9,16H,3-5,10-13H2,1-2H3/t16-/m0/s1. The summed E-state index contributed by atoms with van der Waals surface area (Å²) in [5.74, 6) is 0. The molecule has 2 nitrogen and oxygen atoms in total. The van der Waals surface area contributed by atoms with Gasteiger partial charge in [0.15, 0.2) is 0 Å². The molecule has 0 amide bonds. The van der Waals surface area contributed by atoms with Crippen LogP contribution in [-0.2, 0) is 11.2 Å². The SMILES string of the molecule is COC[C@@H]1CCCCN1CCc1ccc(C)cc1. The lowest BCUT2D eigenvalue weighted by molar-refractivity contribution is 0.0658. The Kier molecular flexibility index (Phi) is 5.21. The normalized spacial score (nSPS) is 21.1. The van der Waals surface area contributed by atoms with Crippen molar-refractivity contribution >= 4 is 0 Å². The second-order valence-corrected chi connectivity index (χ2v) is 5.38. The third-order valence-corrected chi connectivity index (χ3v) is 3.92. The number of ether oxygens (including phenoxy) is 1. The lowest BCUT2D eigenvalue weighted by Crippen LogP contribution is -2.43. The maximum atomic E-state index is 5.34. The molecule has 1 aromatic carbocycles. The van der Waals surface area contributed by atoms with Crippen LogP contribution in [0.4, 0.5) is 0 Å². The van der Waals surface area contributed by atoms with Gasteiger partial charge in [0.1, 0.15) is 0 Å². The van der Waals surface area contributed by atoms with Crippen molar-refractivity contribution in [3.8, 4) is 0 Å². The summed E-state index contributed by atoms with van der Waals surface area (Å²) in [5, 5.41) is 0. The maximum Gasteiger partial charge on any atom is 0.0618 e. The van der Waals surface area contributed by atoms with E-state index in [4.69, 9.17) is 4.74 Å². The minimum atomic E-state index is 0.634. The van der Waals surface area contributed by atoms with Crippen LogP contribution in [0.1, 0.15) is 30.4 Å². The zero-order valence-corrected chi connectivity index (χ0v) is 11.7. The van der Waals surface area contributed by atoms with E-state index in [1.807, 2.05) is 7.11 Å². The van der Waals surface area contributed by atoms with Crippen molar-refractivity contribution in [1.29, 1.82) is 0 Å². The van der Waals surface area contributed by atoms with Gasteiger partial charge in [0, 0.05) is 19.7 Å². The first-order valence-corrected chi connectivity index (χ1v) is 7.08. The minimum Gasteiger partial charge on any atom is -0.383 e. The lowest BCUT2D eigenvalue weighted by Gasteiger charge is -2.35. The molecule has 18 heavy (non-hydrogen) atoms. The van der Waals surface area contributed by atoms with Gasteiger partial charge in [-0.2, -0.15) is 0 Å². The second kappa shape index (κ2) is 6.91. The Morgan fingerprint density at radius 2 is 2.00 bits per heavy atom. The molecule has 1 fully saturated rings. The number of benzene rings is 1. The second-order valence-electron chi connectivity index (χ2n) is 5.38. The van der Waals surface area contributed by atoms with Gasteiger partial charge in [0.2, 0.25) is 0 Å². The minimum absolute atomic E-state index is 0.634. The van der Waals surface area contributed by atoms with Gasteiger partial charge in [-0.1, -0.05) is 36.2 Å². The van der Waals surface area contributed by atoms with E-state index in [2.05, 4.69) is 36.1 Å². The molecule has 0 unspecified atom stereocenters.